The van der Waals surface area contributed by atoms with Crippen molar-refractivity contribution in [2.75, 3.05) is 57.9 Å². The lowest BCUT2D eigenvalue weighted by Crippen LogP contribution is -2.50. The Morgan fingerprint density at radius 3 is 2.18 bits per heavy atom. The first-order valence-corrected chi connectivity index (χ1v) is 15.6. The third-order valence-corrected chi connectivity index (χ3v) is 7.90. The second-order valence-electron chi connectivity index (χ2n) is 12.5. The number of nitrogens with zero attached hydrogens (tertiary/aromatic N) is 3. The van der Waals surface area contributed by atoms with Gasteiger partial charge in [0, 0.05) is 51.7 Å². The minimum atomic E-state index is -0.522. The fourth-order valence-corrected chi connectivity index (χ4v) is 5.71. The second kappa shape index (κ2) is 14.5. The fraction of sp³-hybridized carbons (Fsp3) is 0.389. The summed E-state index contributed by atoms with van der Waals surface area (Å²) in [6.07, 6.45) is 0.451. The number of carbonyl (C=O) groups is 2. The molecule has 0 saturated carbocycles. The first kappa shape index (κ1) is 31.9. The summed E-state index contributed by atoms with van der Waals surface area (Å²) in [6.45, 7) is 14.2. The Labute approximate surface area is 266 Å². The van der Waals surface area contributed by atoms with Crippen LogP contribution in [0.15, 0.2) is 91.0 Å². The van der Waals surface area contributed by atoms with E-state index in [0.29, 0.717) is 63.0 Å². The Kier molecular flexibility index (Phi) is 10.3. The van der Waals surface area contributed by atoms with E-state index < -0.39 is 5.60 Å². The zero-order valence-corrected chi connectivity index (χ0v) is 26.5. The molecule has 0 atom stereocenters. The zero-order chi connectivity index (χ0) is 31.8. The predicted molar refractivity (Wildman–Crippen MR) is 176 cm³/mol. The number of piperazine rings is 1. The highest BCUT2D eigenvalue weighted by atomic mass is 16.7. The van der Waals surface area contributed by atoms with E-state index in [1.54, 1.807) is 4.90 Å². The number of amides is 3. The minimum Gasteiger partial charge on any atom is -0.454 e. The van der Waals surface area contributed by atoms with Crippen LogP contribution in [-0.2, 0) is 4.74 Å². The third-order valence-electron chi connectivity index (χ3n) is 7.90. The van der Waals surface area contributed by atoms with Crippen molar-refractivity contribution in [2.45, 2.75) is 38.7 Å². The summed E-state index contributed by atoms with van der Waals surface area (Å²) >= 11 is 0. The number of benzene rings is 3. The molecule has 45 heavy (non-hydrogen) atoms. The highest BCUT2D eigenvalue weighted by molar-refractivity contribution is 5.92. The van der Waals surface area contributed by atoms with E-state index >= 15 is 0 Å². The van der Waals surface area contributed by atoms with Crippen LogP contribution < -0.4 is 14.8 Å². The Morgan fingerprint density at radius 2 is 1.56 bits per heavy atom. The monoisotopic (exact) mass is 612 g/mol. The topological polar surface area (TPSA) is 83.6 Å². The number of hydrogen-bond acceptors (Lipinski definition) is 6. The molecule has 9 nitrogen and oxygen atoms in total. The lowest BCUT2D eigenvalue weighted by atomic mass is 9.88. The van der Waals surface area contributed by atoms with Crippen molar-refractivity contribution in [3.8, 4) is 11.5 Å². The molecular formula is C36H44N4O5. The van der Waals surface area contributed by atoms with Gasteiger partial charge in [0.2, 0.25) is 6.79 Å². The molecule has 3 aromatic carbocycles. The van der Waals surface area contributed by atoms with Crippen LogP contribution in [0.5, 0.6) is 11.5 Å². The largest absolute Gasteiger partial charge is 0.454 e. The summed E-state index contributed by atoms with van der Waals surface area (Å²) in [5.74, 6) is 1.27. The van der Waals surface area contributed by atoms with Crippen molar-refractivity contribution in [1.29, 1.82) is 0 Å². The van der Waals surface area contributed by atoms with E-state index in [1.807, 2.05) is 56.0 Å². The number of hydrogen-bond donors (Lipinski definition) is 1. The number of nitrogens with one attached hydrogen (secondary N) is 1. The Balaban J connectivity index is 1.27. The lowest BCUT2D eigenvalue weighted by Gasteiger charge is -2.36. The molecule has 0 radical (unpaired) electrons. The maximum absolute atomic E-state index is 13.9. The molecule has 2 aliphatic heterocycles. The number of anilines is 1. The van der Waals surface area contributed by atoms with Crippen LogP contribution in [0.1, 0.15) is 44.2 Å². The van der Waals surface area contributed by atoms with Crippen LogP contribution >= 0.6 is 0 Å². The predicted octanol–water partition coefficient (Wildman–Crippen LogP) is 6.58. The van der Waals surface area contributed by atoms with Gasteiger partial charge >= 0.3 is 12.1 Å². The molecule has 1 N–H and O–H groups in total. The molecule has 3 aromatic rings. The van der Waals surface area contributed by atoms with Crippen molar-refractivity contribution < 1.29 is 23.8 Å². The van der Waals surface area contributed by atoms with Gasteiger partial charge in [-0.05, 0) is 56.0 Å². The van der Waals surface area contributed by atoms with Gasteiger partial charge in [-0.3, -0.25) is 4.90 Å². The molecule has 5 rings (SSSR count). The van der Waals surface area contributed by atoms with E-state index in [9.17, 15) is 9.59 Å². The average Bonchev–Trinajstić information content (AvgIpc) is 3.51. The van der Waals surface area contributed by atoms with E-state index in [4.69, 9.17) is 14.2 Å². The molecule has 0 aliphatic carbocycles. The Bertz CT molecular complexity index is 1410. The Hall–Kier alpha value is -4.50. The molecule has 238 valence electrons. The zero-order valence-electron chi connectivity index (χ0n) is 26.5. The average molecular weight is 613 g/mol. The second-order valence-corrected chi connectivity index (χ2v) is 12.5. The molecule has 2 aliphatic rings. The first-order valence-electron chi connectivity index (χ1n) is 15.6. The van der Waals surface area contributed by atoms with Crippen LogP contribution in [0.4, 0.5) is 15.3 Å². The number of urea groups is 1. The molecule has 2 heterocycles. The van der Waals surface area contributed by atoms with Crippen molar-refractivity contribution >= 4 is 17.8 Å². The van der Waals surface area contributed by atoms with Crippen LogP contribution in [0, 0.1) is 0 Å². The molecular weight excluding hydrogens is 568 g/mol. The summed E-state index contributed by atoms with van der Waals surface area (Å²) in [5, 5.41) is 3.06. The number of rotatable bonds is 10. The number of ether oxygens (including phenoxy) is 3. The van der Waals surface area contributed by atoms with Gasteiger partial charge < -0.3 is 29.3 Å². The van der Waals surface area contributed by atoms with Gasteiger partial charge in [0.1, 0.15) is 5.60 Å². The standard InChI is InChI=1S/C36H44N4O5/c1-27(24-38-20-22-39(23-21-38)35(42)45-36(2,3)4)25-40(34(41)37-31-16-11-17-32-33(31)44-26-43-32)19-18-30(28-12-7-5-8-13-28)29-14-9-6-10-15-29/h5-17,30H,1,18-26H2,2-4H3,(H,37,41). The van der Waals surface area contributed by atoms with Gasteiger partial charge in [-0.15, -0.1) is 0 Å². The number of carbonyl (C=O) groups excluding carboxylic acids is 2. The van der Waals surface area contributed by atoms with Gasteiger partial charge in [0.05, 0.1) is 5.69 Å². The van der Waals surface area contributed by atoms with Crippen molar-refractivity contribution in [3.05, 3.63) is 102 Å². The van der Waals surface area contributed by atoms with Gasteiger partial charge in [-0.25, -0.2) is 9.59 Å². The lowest BCUT2D eigenvalue weighted by molar-refractivity contribution is 0.0151. The van der Waals surface area contributed by atoms with Crippen LogP contribution in [0.3, 0.4) is 0 Å². The van der Waals surface area contributed by atoms with Crippen LogP contribution in [0.25, 0.3) is 0 Å². The van der Waals surface area contributed by atoms with Crippen molar-refractivity contribution in [2.24, 2.45) is 0 Å². The molecule has 9 heteroatoms. The van der Waals surface area contributed by atoms with E-state index in [1.165, 1.54) is 11.1 Å². The molecule has 0 unspecified atom stereocenters. The number of fused-ring (bicyclic) bond motifs is 1. The molecule has 0 aromatic heterocycles. The van der Waals surface area contributed by atoms with Crippen LogP contribution in [0.2, 0.25) is 0 Å². The highest BCUT2D eigenvalue weighted by Crippen LogP contribution is 2.39. The molecule has 1 saturated heterocycles. The molecule has 0 bridgehead atoms. The van der Waals surface area contributed by atoms with Gasteiger partial charge in [0.25, 0.3) is 0 Å². The summed E-state index contributed by atoms with van der Waals surface area (Å²) in [7, 11) is 0. The van der Waals surface area contributed by atoms with Gasteiger partial charge in [-0.2, -0.15) is 0 Å². The van der Waals surface area contributed by atoms with Gasteiger partial charge in [-0.1, -0.05) is 73.3 Å². The maximum Gasteiger partial charge on any atom is 0.410 e. The maximum atomic E-state index is 13.9. The minimum absolute atomic E-state index is 0.120. The smallest absolute Gasteiger partial charge is 0.410 e. The third kappa shape index (κ3) is 8.79. The van der Waals surface area contributed by atoms with Crippen LogP contribution in [-0.4, -0.2) is 85.0 Å². The van der Waals surface area contributed by atoms with E-state index in [-0.39, 0.29) is 24.8 Å². The summed E-state index contributed by atoms with van der Waals surface area (Å²) in [5.41, 5.74) is 3.39. The summed E-state index contributed by atoms with van der Waals surface area (Å²) in [4.78, 5) is 32.2. The molecule has 0 spiro atoms. The highest BCUT2D eigenvalue weighted by Gasteiger charge is 2.27. The normalized spacial score (nSPS) is 14.7. The first-order chi connectivity index (χ1) is 21.7. The van der Waals surface area contributed by atoms with Gasteiger partial charge in [0.15, 0.2) is 11.5 Å². The SMILES string of the molecule is C=C(CN1CCN(C(=O)OC(C)(C)C)CC1)CN(CCC(c1ccccc1)c1ccccc1)C(=O)Nc1cccc2c1OCO2. The van der Waals surface area contributed by atoms with Crippen molar-refractivity contribution in [1.82, 2.24) is 14.7 Å². The fourth-order valence-electron chi connectivity index (χ4n) is 5.71. The summed E-state index contributed by atoms with van der Waals surface area (Å²) < 4.78 is 16.7. The molecule has 3 amide bonds. The molecule has 1 fully saturated rings. The Morgan fingerprint density at radius 1 is 0.911 bits per heavy atom. The quantitative estimate of drug-likeness (QED) is 0.261. The summed E-state index contributed by atoms with van der Waals surface area (Å²) in [6, 6.07) is 26.1. The number of para-hydroxylation sites is 1. The van der Waals surface area contributed by atoms with Crippen molar-refractivity contribution in [3.63, 3.8) is 0 Å². The van der Waals surface area contributed by atoms with E-state index in [2.05, 4.69) is 65.3 Å². The van der Waals surface area contributed by atoms with E-state index in [0.717, 1.165) is 12.0 Å².